The van der Waals surface area contributed by atoms with Crippen molar-refractivity contribution in [3.05, 3.63) is 47.6 Å². The van der Waals surface area contributed by atoms with Crippen LogP contribution in [0.4, 0.5) is 17.2 Å². The highest BCUT2D eigenvalue weighted by Crippen LogP contribution is 2.23. The quantitative estimate of drug-likeness (QED) is 0.797. The van der Waals surface area contributed by atoms with E-state index in [2.05, 4.69) is 26.2 Å². The normalized spacial score (nSPS) is 14.5. The molecule has 144 valence electrons. The Morgan fingerprint density at radius 3 is 2.41 bits per heavy atom. The lowest BCUT2D eigenvalue weighted by Gasteiger charge is -2.36. The molecule has 0 unspecified atom stereocenters. The van der Waals surface area contributed by atoms with Gasteiger partial charge in [0, 0.05) is 42.8 Å². The molecule has 0 spiro atoms. The summed E-state index contributed by atoms with van der Waals surface area (Å²) in [4.78, 5) is 21.4. The minimum absolute atomic E-state index is 0.0595. The molecule has 0 bridgehead atoms. The molecule has 27 heavy (non-hydrogen) atoms. The number of aromatic nitrogens is 1. The van der Waals surface area contributed by atoms with Gasteiger partial charge in [0.05, 0.1) is 11.9 Å². The second kappa shape index (κ2) is 9.09. The predicted molar refractivity (Wildman–Crippen MR) is 113 cm³/mol. The van der Waals surface area contributed by atoms with Gasteiger partial charge in [-0.15, -0.1) is 0 Å². The number of nitrogens with zero attached hydrogens (tertiary/aromatic N) is 3. The van der Waals surface area contributed by atoms with Gasteiger partial charge in [-0.2, -0.15) is 0 Å². The Labute approximate surface area is 166 Å². The van der Waals surface area contributed by atoms with Gasteiger partial charge in [0.25, 0.3) is 0 Å². The molecule has 2 aromatic rings. The molecule has 1 amide bonds. The molecule has 1 saturated heterocycles. The predicted octanol–water partition coefficient (Wildman–Crippen LogP) is 4.44. The topological polar surface area (TPSA) is 48.5 Å². The van der Waals surface area contributed by atoms with Gasteiger partial charge in [0.15, 0.2) is 0 Å². The van der Waals surface area contributed by atoms with E-state index in [9.17, 15) is 4.79 Å². The van der Waals surface area contributed by atoms with Crippen molar-refractivity contribution in [1.82, 2.24) is 4.98 Å². The third-order valence-electron chi connectivity index (χ3n) is 5.15. The van der Waals surface area contributed by atoms with Gasteiger partial charge in [-0.05, 0) is 43.2 Å². The molecule has 0 aliphatic carbocycles. The summed E-state index contributed by atoms with van der Waals surface area (Å²) in [7, 11) is 0. The second-order valence-corrected chi connectivity index (χ2v) is 7.30. The number of carbonyl (C=O) groups excluding carboxylic acids is 1. The smallest absolute Gasteiger partial charge is 0.227 e. The van der Waals surface area contributed by atoms with Crippen LogP contribution in [-0.2, 0) is 4.79 Å². The Hall–Kier alpha value is -2.27. The highest BCUT2D eigenvalue weighted by atomic mass is 35.5. The highest BCUT2D eigenvalue weighted by Gasteiger charge is 2.19. The van der Waals surface area contributed by atoms with Crippen LogP contribution in [0.3, 0.4) is 0 Å². The molecule has 1 aromatic carbocycles. The van der Waals surface area contributed by atoms with Crippen LogP contribution in [0.2, 0.25) is 5.02 Å². The Kier molecular flexibility index (Phi) is 6.56. The van der Waals surface area contributed by atoms with Crippen LogP contribution in [-0.4, -0.2) is 37.1 Å². The minimum atomic E-state index is 0.0595. The van der Waals surface area contributed by atoms with Gasteiger partial charge >= 0.3 is 0 Å². The minimum Gasteiger partial charge on any atom is -0.368 e. The van der Waals surface area contributed by atoms with Crippen molar-refractivity contribution in [1.29, 1.82) is 0 Å². The number of halogens is 1. The largest absolute Gasteiger partial charge is 0.368 e. The fraction of sp³-hybridized carbons (Fsp3) is 0.429. The van der Waals surface area contributed by atoms with E-state index < -0.39 is 0 Å². The molecule has 1 aliphatic rings. The molecule has 0 saturated carbocycles. The average molecular weight is 387 g/mol. The summed E-state index contributed by atoms with van der Waals surface area (Å²) < 4.78 is 0. The van der Waals surface area contributed by atoms with E-state index in [1.54, 1.807) is 6.20 Å². The van der Waals surface area contributed by atoms with Crippen molar-refractivity contribution in [2.24, 2.45) is 5.92 Å². The first-order valence-electron chi connectivity index (χ1n) is 9.63. The third-order valence-corrected chi connectivity index (χ3v) is 5.38. The molecule has 3 rings (SSSR count). The monoisotopic (exact) mass is 386 g/mol. The number of hydrogen-bond acceptors (Lipinski definition) is 4. The standard InChI is InChI=1S/C21H27ClN4O/c1-3-16(4-2)21(27)24-18-8-9-20(23-15-18)26-12-10-25(11-13-26)19-7-5-6-17(22)14-19/h5-9,14-16H,3-4,10-13H2,1-2H3,(H,24,27). The van der Waals surface area contributed by atoms with E-state index >= 15 is 0 Å². The Morgan fingerprint density at radius 1 is 1.11 bits per heavy atom. The fourth-order valence-corrected chi connectivity index (χ4v) is 3.60. The summed E-state index contributed by atoms with van der Waals surface area (Å²) in [5.74, 6) is 1.08. The number of amides is 1. The van der Waals surface area contributed by atoms with Crippen LogP contribution in [0.15, 0.2) is 42.6 Å². The van der Waals surface area contributed by atoms with E-state index in [1.165, 1.54) is 0 Å². The maximum absolute atomic E-state index is 12.2. The molecule has 1 fully saturated rings. The van der Waals surface area contributed by atoms with Gasteiger partial charge < -0.3 is 15.1 Å². The van der Waals surface area contributed by atoms with Gasteiger partial charge in [-0.3, -0.25) is 4.79 Å². The van der Waals surface area contributed by atoms with Gasteiger partial charge in [-0.1, -0.05) is 31.5 Å². The third kappa shape index (κ3) is 4.92. The summed E-state index contributed by atoms with van der Waals surface area (Å²) in [6.07, 6.45) is 3.45. The highest BCUT2D eigenvalue weighted by molar-refractivity contribution is 6.30. The molecule has 6 heteroatoms. The maximum atomic E-state index is 12.2. The summed E-state index contributed by atoms with van der Waals surface area (Å²) in [6, 6.07) is 11.9. The molecule has 0 atom stereocenters. The fourth-order valence-electron chi connectivity index (χ4n) is 3.42. The average Bonchev–Trinajstić information content (AvgIpc) is 2.70. The van der Waals surface area contributed by atoms with Gasteiger partial charge in [0.2, 0.25) is 5.91 Å². The Balaban J connectivity index is 1.56. The summed E-state index contributed by atoms with van der Waals surface area (Å²) in [5.41, 5.74) is 1.92. The first-order valence-corrected chi connectivity index (χ1v) is 10.0. The zero-order valence-corrected chi connectivity index (χ0v) is 16.7. The van der Waals surface area contributed by atoms with Crippen molar-refractivity contribution in [2.45, 2.75) is 26.7 Å². The first kappa shape index (κ1) is 19.5. The van der Waals surface area contributed by atoms with E-state index in [0.717, 1.165) is 61.2 Å². The van der Waals surface area contributed by atoms with Crippen molar-refractivity contribution >= 4 is 34.7 Å². The Morgan fingerprint density at radius 2 is 1.81 bits per heavy atom. The lowest BCUT2D eigenvalue weighted by Crippen LogP contribution is -2.46. The molecule has 1 N–H and O–H groups in total. The van der Waals surface area contributed by atoms with Crippen LogP contribution in [0, 0.1) is 5.92 Å². The van der Waals surface area contributed by atoms with Crippen molar-refractivity contribution < 1.29 is 4.79 Å². The number of rotatable bonds is 6. The lowest BCUT2D eigenvalue weighted by molar-refractivity contribution is -0.120. The van der Waals surface area contributed by atoms with Crippen molar-refractivity contribution in [3.8, 4) is 0 Å². The Bertz CT molecular complexity index is 753. The van der Waals surface area contributed by atoms with E-state index in [0.29, 0.717) is 0 Å². The van der Waals surface area contributed by atoms with Crippen LogP contribution in [0.5, 0.6) is 0 Å². The van der Waals surface area contributed by atoms with Crippen LogP contribution in [0.25, 0.3) is 0 Å². The maximum Gasteiger partial charge on any atom is 0.227 e. The van der Waals surface area contributed by atoms with Crippen molar-refractivity contribution in [3.63, 3.8) is 0 Å². The summed E-state index contributed by atoms with van der Waals surface area (Å²) in [6.45, 7) is 7.73. The number of anilines is 3. The molecule has 2 heterocycles. The number of piperazine rings is 1. The zero-order chi connectivity index (χ0) is 19.2. The number of pyridine rings is 1. The first-order chi connectivity index (χ1) is 13.1. The summed E-state index contributed by atoms with van der Waals surface area (Å²) >= 11 is 6.10. The SMILES string of the molecule is CCC(CC)C(=O)Nc1ccc(N2CCN(c3cccc(Cl)c3)CC2)nc1. The molecule has 1 aliphatic heterocycles. The number of nitrogens with one attached hydrogen (secondary N) is 1. The van der Waals surface area contributed by atoms with Crippen LogP contribution in [0.1, 0.15) is 26.7 Å². The van der Waals surface area contributed by atoms with Gasteiger partial charge in [-0.25, -0.2) is 4.98 Å². The van der Waals surface area contributed by atoms with Crippen LogP contribution >= 0.6 is 11.6 Å². The van der Waals surface area contributed by atoms with E-state index in [1.807, 2.05) is 44.2 Å². The molecular weight excluding hydrogens is 360 g/mol. The molecular formula is C21H27ClN4O. The number of hydrogen-bond donors (Lipinski definition) is 1. The van der Waals surface area contributed by atoms with E-state index in [-0.39, 0.29) is 11.8 Å². The second-order valence-electron chi connectivity index (χ2n) is 6.86. The zero-order valence-electron chi connectivity index (χ0n) is 16.0. The van der Waals surface area contributed by atoms with E-state index in [4.69, 9.17) is 11.6 Å². The summed E-state index contributed by atoms with van der Waals surface area (Å²) in [5, 5.41) is 3.73. The van der Waals surface area contributed by atoms with Crippen LogP contribution < -0.4 is 15.1 Å². The van der Waals surface area contributed by atoms with Gasteiger partial charge in [0.1, 0.15) is 5.82 Å². The number of benzene rings is 1. The molecule has 0 radical (unpaired) electrons. The lowest BCUT2D eigenvalue weighted by atomic mass is 10.0. The molecule has 1 aromatic heterocycles. The molecule has 5 nitrogen and oxygen atoms in total. The number of carbonyl (C=O) groups is 1. The van der Waals surface area contributed by atoms with Crippen molar-refractivity contribution in [2.75, 3.05) is 41.3 Å².